The molecule has 0 unspecified atom stereocenters. The van der Waals surface area contributed by atoms with Crippen LogP contribution >= 0.6 is 11.8 Å². The Morgan fingerprint density at radius 1 is 1.17 bits per heavy atom. The molecule has 2 rings (SSSR count). The van der Waals surface area contributed by atoms with E-state index in [-0.39, 0.29) is 16.2 Å². The summed E-state index contributed by atoms with van der Waals surface area (Å²) in [5.41, 5.74) is 0.893. The van der Waals surface area contributed by atoms with Crippen molar-refractivity contribution < 1.29 is 17.9 Å². The number of carbonyl (C=O) groups is 1. The summed E-state index contributed by atoms with van der Waals surface area (Å²) in [5, 5.41) is 2.80. The standard InChI is InChI=1S/C16H18N2O4S2/c1-17-24(20,21)15-10-11(8-9-13(15)22-2)16(19)18-12-6-4-5-7-14(12)23-3/h4-10,17H,1-3H3,(H,18,19). The number of hydrogen-bond donors (Lipinski definition) is 2. The first kappa shape index (κ1) is 18.3. The summed E-state index contributed by atoms with van der Waals surface area (Å²) in [6, 6.07) is 11.7. The quantitative estimate of drug-likeness (QED) is 0.768. The third kappa shape index (κ3) is 3.89. The Morgan fingerprint density at radius 2 is 1.88 bits per heavy atom. The van der Waals surface area contributed by atoms with Gasteiger partial charge in [0.2, 0.25) is 10.0 Å². The molecule has 8 heteroatoms. The fourth-order valence-corrected chi connectivity index (χ4v) is 3.55. The first-order chi connectivity index (χ1) is 11.4. The molecule has 0 aliphatic heterocycles. The van der Waals surface area contributed by atoms with Gasteiger partial charge in [0, 0.05) is 10.5 Å². The number of nitrogens with one attached hydrogen (secondary N) is 2. The normalized spacial score (nSPS) is 11.1. The number of para-hydroxylation sites is 1. The van der Waals surface area contributed by atoms with Crippen molar-refractivity contribution in [1.29, 1.82) is 0 Å². The van der Waals surface area contributed by atoms with Gasteiger partial charge in [0.25, 0.3) is 5.91 Å². The minimum Gasteiger partial charge on any atom is -0.495 e. The average Bonchev–Trinajstić information content (AvgIpc) is 2.61. The predicted molar refractivity (Wildman–Crippen MR) is 95.4 cm³/mol. The highest BCUT2D eigenvalue weighted by atomic mass is 32.2. The maximum absolute atomic E-state index is 12.5. The monoisotopic (exact) mass is 366 g/mol. The van der Waals surface area contributed by atoms with Crippen LogP contribution in [-0.4, -0.2) is 34.7 Å². The van der Waals surface area contributed by atoms with Gasteiger partial charge in [-0.05, 0) is 43.6 Å². The molecule has 0 spiro atoms. The Balaban J connectivity index is 2.39. The lowest BCUT2D eigenvalue weighted by Gasteiger charge is -2.12. The van der Waals surface area contributed by atoms with Crippen LogP contribution in [-0.2, 0) is 10.0 Å². The Bertz CT molecular complexity index is 851. The largest absolute Gasteiger partial charge is 0.495 e. The zero-order valence-electron chi connectivity index (χ0n) is 13.5. The maximum Gasteiger partial charge on any atom is 0.255 e. The fraction of sp³-hybridized carbons (Fsp3) is 0.188. The molecule has 0 fully saturated rings. The van der Waals surface area contributed by atoms with E-state index < -0.39 is 15.9 Å². The number of carbonyl (C=O) groups excluding carboxylic acids is 1. The van der Waals surface area contributed by atoms with Gasteiger partial charge in [-0.2, -0.15) is 0 Å². The molecule has 0 aliphatic carbocycles. The second kappa shape index (κ2) is 7.69. The highest BCUT2D eigenvalue weighted by Gasteiger charge is 2.20. The van der Waals surface area contributed by atoms with E-state index in [0.717, 1.165) is 4.90 Å². The Hall–Kier alpha value is -2.03. The topological polar surface area (TPSA) is 84.5 Å². The summed E-state index contributed by atoms with van der Waals surface area (Å²) in [7, 11) is -1.07. The van der Waals surface area contributed by atoms with E-state index in [1.54, 1.807) is 6.07 Å². The average molecular weight is 366 g/mol. The number of amides is 1. The Kier molecular flexibility index (Phi) is 5.87. The maximum atomic E-state index is 12.5. The number of ether oxygens (including phenoxy) is 1. The van der Waals surface area contributed by atoms with Gasteiger partial charge in [-0.25, -0.2) is 13.1 Å². The molecule has 0 saturated heterocycles. The predicted octanol–water partition coefficient (Wildman–Crippen LogP) is 2.58. The molecule has 0 heterocycles. The second-order valence-electron chi connectivity index (χ2n) is 4.73. The first-order valence-electron chi connectivity index (χ1n) is 6.99. The third-order valence-electron chi connectivity index (χ3n) is 3.34. The molecule has 1 amide bonds. The van der Waals surface area contributed by atoms with Crippen LogP contribution in [0.15, 0.2) is 52.3 Å². The van der Waals surface area contributed by atoms with Gasteiger partial charge < -0.3 is 10.1 Å². The van der Waals surface area contributed by atoms with Crippen molar-refractivity contribution in [2.24, 2.45) is 0 Å². The molecule has 128 valence electrons. The minimum atomic E-state index is -3.74. The van der Waals surface area contributed by atoms with Gasteiger partial charge in [0.05, 0.1) is 12.8 Å². The van der Waals surface area contributed by atoms with Crippen molar-refractivity contribution in [3.8, 4) is 5.75 Å². The van der Waals surface area contributed by atoms with Crippen LogP contribution in [0.2, 0.25) is 0 Å². The third-order valence-corrected chi connectivity index (χ3v) is 5.57. The highest BCUT2D eigenvalue weighted by molar-refractivity contribution is 7.98. The van der Waals surface area contributed by atoms with Crippen molar-refractivity contribution in [2.45, 2.75) is 9.79 Å². The first-order valence-corrected chi connectivity index (χ1v) is 9.69. The molecular formula is C16H18N2O4S2. The van der Waals surface area contributed by atoms with Crippen LogP contribution in [0.25, 0.3) is 0 Å². The van der Waals surface area contributed by atoms with Gasteiger partial charge in [-0.1, -0.05) is 12.1 Å². The lowest BCUT2D eigenvalue weighted by atomic mass is 10.2. The number of benzene rings is 2. The minimum absolute atomic E-state index is 0.0849. The SMILES string of the molecule is CNS(=O)(=O)c1cc(C(=O)Nc2ccccc2SC)ccc1OC. The van der Waals surface area contributed by atoms with E-state index in [4.69, 9.17) is 4.74 Å². The number of hydrogen-bond acceptors (Lipinski definition) is 5. The van der Waals surface area contributed by atoms with Gasteiger partial charge in [0.15, 0.2) is 0 Å². The molecule has 2 aromatic carbocycles. The van der Waals surface area contributed by atoms with E-state index >= 15 is 0 Å². The molecular weight excluding hydrogens is 348 g/mol. The number of rotatable bonds is 6. The number of methoxy groups -OCH3 is 1. The number of anilines is 1. The summed E-state index contributed by atoms with van der Waals surface area (Å²) in [6.07, 6.45) is 1.91. The lowest BCUT2D eigenvalue weighted by molar-refractivity contribution is 0.102. The van der Waals surface area contributed by atoms with E-state index in [9.17, 15) is 13.2 Å². The van der Waals surface area contributed by atoms with Gasteiger partial charge >= 0.3 is 0 Å². The molecule has 2 N–H and O–H groups in total. The van der Waals surface area contributed by atoms with Crippen LogP contribution in [0.5, 0.6) is 5.75 Å². The van der Waals surface area contributed by atoms with Gasteiger partial charge in [0.1, 0.15) is 10.6 Å². The van der Waals surface area contributed by atoms with Crippen LogP contribution in [0.1, 0.15) is 10.4 Å². The van der Waals surface area contributed by atoms with E-state index in [2.05, 4.69) is 10.0 Å². The molecule has 0 aromatic heterocycles. The van der Waals surface area contributed by atoms with E-state index in [0.29, 0.717) is 5.69 Å². The van der Waals surface area contributed by atoms with Crippen LogP contribution in [0.4, 0.5) is 5.69 Å². The van der Waals surface area contributed by atoms with Crippen molar-refractivity contribution in [1.82, 2.24) is 4.72 Å². The summed E-state index contributed by atoms with van der Waals surface area (Å²) in [5.74, 6) is -0.225. The van der Waals surface area contributed by atoms with Crippen LogP contribution < -0.4 is 14.8 Å². The zero-order chi connectivity index (χ0) is 17.7. The summed E-state index contributed by atoms with van der Waals surface area (Å²) in [6.45, 7) is 0. The number of thioether (sulfide) groups is 1. The van der Waals surface area contributed by atoms with Gasteiger partial charge in [-0.15, -0.1) is 11.8 Å². The van der Waals surface area contributed by atoms with E-state index in [1.165, 1.54) is 44.1 Å². The van der Waals surface area contributed by atoms with Crippen LogP contribution in [0, 0.1) is 0 Å². The molecule has 0 bridgehead atoms. The molecule has 0 saturated carbocycles. The molecule has 6 nitrogen and oxygen atoms in total. The zero-order valence-corrected chi connectivity index (χ0v) is 15.1. The molecule has 0 atom stereocenters. The van der Waals surface area contributed by atoms with Crippen LogP contribution in [0.3, 0.4) is 0 Å². The van der Waals surface area contributed by atoms with Crippen molar-refractivity contribution in [3.63, 3.8) is 0 Å². The molecule has 0 radical (unpaired) electrons. The fourth-order valence-electron chi connectivity index (χ4n) is 2.08. The van der Waals surface area contributed by atoms with Crippen molar-refractivity contribution >= 4 is 33.4 Å². The number of sulfonamides is 1. The Labute approximate surface area is 145 Å². The summed E-state index contributed by atoms with van der Waals surface area (Å²) in [4.78, 5) is 13.3. The molecule has 0 aliphatic rings. The Morgan fingerprint density at radius 3 is 2.50 bits per heavy atom. The van der Waals surface area contributed by atoms with Crippen molar-refractivity contribution in [3.05, 3.63) is 48.0 Å². The summed E-state index contributed by atoms with van der Waals surface area (Å²) >= 11 is 1.51. The molecule has 2 aromatic rings. The summed E-state index contributed by atoms with van der Waals surface area (Å²) < 4.78 is 31.5. The smallest absolute Gasteiger partial charge is 0.255 e. The molecule has 24 heavy (non-hydrogen) atoms. The highest BCUT2D eigenvalue weighted by Crippen LogP contribution is 2.27. The van der Waals surface area contributed by atoms with Crippen molar-refractivity contribution in [2.75, 3.05) is 25.7 Å². The lowest BCUT2D eigenvalue weighted by Crippen LogP contribution is -2.20. The van der Waals surface area contributed by atoms with Gasteiger partial charge in [-0.3, -0.25) is 4.79 Å². The van der Waals surface area contributed by atoms with E-state index in [1.807, 2.05) is 24.5 Å². The second-order valence-corrected chi connectivity index (χ2v) is 7.43.